The molecule has 0 aliphatic carbocycles. The Hall–Kier alpha value is -2.94. The largest absolute Gasteiger partial charge is 0.496 e. The first-order valence-corrected chi connectivity index (χ1v) is 9.69. The smallest absolute Gasteiger partial charge is 0.418 e. The highest BCUT2D eigenvalue weighted by Crippen LogP contribution is 2.44. The van der Waals surface area contributed by atoms with Crippen molar-refractivity contribution in [3.8, 4) is 5.75 Å². The van der Waals surface area contributed by atoms with Gasteiger partial charge in [-0.15, -0.1) is 0 Å². The monoisotopic (exact) mass is 455 g/mol. The molecular weight excluding hydrogens is 433 g/mol. The fourth-order valence-corrected chi connectivity index (χ4v) is 3.98. The summed E-state index contributed by atoms with van der Waals surface area (Å²) < 4.78 is 76.1. The first kappa shape index (κ1) is 23.7. The highest BCUT2D eigenvalue weighted by molar-refractivity contribution is 5.78. The van der Waals surface area contributed by atoms with Gasteiger partial charge in [0.15, 0.2) is 11.0 Å². The van der Waals surface area contributed by atoms with E-state index in [2.05, 4.69) is 0 Å². The number of methoxy groups -OCH3 is 1. The van der Waals surface area contributed by atoms with Gasteiger partial charge in [0.2, 0.25) is 0 Å². The van der Waals surface area contributed by atoms with Gasteiger partial charge in [-0.25, -0.2) is 8.78 Å². The number of hydrogen-bond acceptors (Lipinski definition) is 3. The zero-order valence-corrected chi connectivity index (χ0v) is 17.6. The molecule has 0 spiro atoms. The molecule has 3 aromatic rings. The van der Waals surface area contributed by atoms with Crippen LogP contribution < -0.4 is 10.2 Å². The van der Waals surface area contributed by atoms with E-state index in [0.717, 1.165) is 41.1 Å². The van der Waals surface area contributed by atoms with Crippen LogP contribution in [0.1, 0.15) is 25.8 Å². The molecular formula is C23H22F5NO3. The normalized spacial score (nSPS) is 14.4. The molecule has 1 N–H and O–H groups in total. The molecule has 0 aliphatic rings. The summed E-state index contributed by atoms with van der Waals surface area (Å²) in [7, 11) is 1.31. The van der Waals surface area contributed by atoms with Crippen LogP contribution in [0.15, 0.2) is 53.5 Å². The number of benzene rings is 2. The zero-order chi connectivity index (χ0) is 23.9. The Bertz CT molecular complexity index is 1200. The lowest BCUT2D eigenvalue weighted by molar-refractivity contribution is -0.271. The van der Waals surface area contributed by atoms with Crippen molar-refractivity contribution in [3.63, 3.8) is 0 Å². The standard InChI is InChI=1S/C23H22F5NO3/c1-21(2,17-11-15(25)5-7-20(17)32-3)12-22(31,23(26,27)28)13-29-9-8-19(30)16-10-14(24)4-6-18(16)29/h4-11,31H,12-13H2,1-3H3. The number of fused-ring (bicyclic) bond motifs is 1. The number of ether oxygens (including phenoxy) is 1. The second-order valence-corrected chi connectivity index (χ2v) is 8.40. The predicted molar refractivity (Wildman–Crippen MR) is 110 cm³/mol. The molecule has 1 atom stereocenters. The number of aliphatic hydroxyl groups is 1. The fraction of sp³-hybridized carbons (Fsp3) is 0.348. The number of halogens is 5. The molecule has 0 saturated carbocycles. The van der Waals surface area contributed by atoms with Gasteiger partial charge in [-0.2, -0.15) is 13.2 Å². The van der Waals surface area contributed by atoms with E-state index in [9.17, 15) is 31.9 Å². The quantitative estimate of drug-likeness (QED) is 0.536. The number of nitrogens with zero attached hydrogens (tertiary/aromatic N) is 1. The van der Waals surface area contributed by atoms with E-state index in [1.54, 1.807) is 0 Å². The molecule has 0 radical (unpaired) electrons. The SMILES string of the molecule is COc1ccc(F)cc1C(C)(C)CC(O)(Cn1ccc(=O)c2cc(F)ccc21)C(F)(F)F. The van der Waals surface area contributed by atoms with Crippen LogP contribution in [0.25, 0.3) is 10.9 Å². The van der Waals surface area contributed by atoms with Gasteiger partial charge in [0.05, 0.1) is 19.2 Å². The number of hydrogen-bond donors (Lipinski definition) is 1. The van der Waals surface area contributed by atoms with Crippen molar-refractivity contribution < 1.29 is 31.8 Å². The van der Waals surface area contributed by atoms with Crippen molar-refractivity contribution in [2.45, 2.75) is 44.0 Å². The maximum atomic E-state index is 14.2. The highest BCUT2D eigenvalue weighted by Gasteiger charge is 2.56. The third kappa shape index (κ3) is 4.48. The van der Waals surface area contributed by atoms with Crippen LogP contribution in [0, 0.1) is 11.6 Å². The van der Waals surface area contributed by atoms with Crippen LogP contribution in [-0.2, 0) is 12.0 Å². The van der Waals surface area contributed by atoms with Crippen LogP contribution in [0.3, 0.4) is 0 Å². The molecule has 1 heterocycles. The van der Waals surface area contributed by atoms with E-state index in [0.29, 0.717) is 0 Å². The maximum absolute atomic E-state index is 14.2. The first-order valence-electron chi connectivity index (χ1n) is 9.69. The van der Waals surface area contributed by atoms with Gasteiger partial charge < -0.3 is 14.4 Å². The molecule has 4 nitrogen and oxygen atoms in total. The Morgan fingerprint density at radius 3 is 2.25 bits per heavy atom. The summed E-state index contributed by atoms with van der Waals surface area (Å²) in [5.74, 6) is -1.18. The van der Waals surface area contributed by atoms with Crippen LogP contribution >= 0.6 is 0 Å². The lowest BCUT2D eigenvalue weighted by Crippen LogP contribution is -2.52. The minimum Gasteiger partial charge on any atom is -0.496 e. The van der Waals surface area contributed by atoms with E-state index in [4.69, 9.17) is 4.74 Å². The van der Waals surface area contributed by atoms with Crippen LogP contribution in [0.5, 0.6) is 5.75 Å². The predicted octanol–water partition coefficient (Wildman–Crippen LogP) is 4.95. The highest BCUT2D eigenvalue weighted by atomic mass is 19.4. The summed E-state index contributed by atoms with van der Waals surface area (Å²) in [6, 6.07) is 7.66. The third-order valence-electron chi connectivity index (χ3n) is 5.52. The van der Waals surface area contributed by atoms with E-state index in [1.165, 1.54) is 33.1 Å². The lowest BCUT2D eigenvalue weighted by atomic mass is 9.74. The average Bonchev–Trinajstić information content (AvgIpc) is 2.69. The molecule has 172 valence electrons. The van der Waals surface area contributed by atoms with Gasteiger partial charge in [-0.3, -0.25) is 4.79 Å². The summed E-state index contributed by atoms with van der Waals surface area (Å²) in [4.78, 5) is 12.0. The molecule has 1 unspecified atom stereocenters. The summed E-state index contributed by atoms with van der Waals surface area (Å²) in [5, 5.41) is 10.8. The summed E-state index contributed by atoms with van der Waals surface area (Å²) in [5.41, 5.74) is -4.98. The Kier molecular flexibility index (Phi) is 6.08. The molecule has 3 rings (SSSR count). The van der Waals surface area contributed by atoms with Gasteiger partial charge >= 0.3 is 6.18 Å². The molecule has 1 aromatic heterocycles. The van der Waals surface area contributed by atoms with E-state index in [1.807, 2.05) is 0 Å². The second-order valence-electron chi connectivity index (χ2n) is 8.40. The third-order valence-corrected chi connectivity index (χ3v) is 5.52. The van der Waals surface area contributed by atoms with Gasteiger partial charge in [-0.05, 0) is 48.2 Å². The average molecular weight is 455 g/mol. The maximum Gasteiger partial charge on any atom is 0.418 e. The lowest BCUT2D eigenvalue weighted by Gasteiger charge is -2.39. The Morgan fingerprint density at radius 1 is 1.00 bits per heavy atom. The van der Waals surface area contributed by atoms with E-state index < -0.39 is 47.2 Å². The Balaban J connectivity index is 2.09. The van der Waals surface area contributed by atoms with Crippen molar-refractivity contribution in [2.75, 3.05) is 7.11 Å². The summed E-state index contributed by atoms with van der Waals surface area (Å²) >= 11 is 0. The zero-order valence-electron chi connectivity index (χ0n) is 17.6. The second kappa shape index (κ2) is 8.20. The summed E-state index contributed by atoms with van der Waals surface area (Å²) in [6.45, 7) is 1.93. The molecule has 0 bridgehead atoms. The van der Waals surface area contributed by atoms with Gasteiger partial charge in [0.1, 0.15) is 17.4 Å². The van der Waals surface area contributed by atoms with Crippen LogP contribution in [-0.4, -0.2) is 28.6 Å². The Morgan fingerprint density at radius 2 is 1.62 bits per heavy atom. The van der Waals surface area contributed by atoms with Crippen molar-refractivity contribution in [2.24, 2.45) is 0 Å². The van der Waals surface area contributed by atoms with E-state index in [-0.39, 0.29) is 22.2 Å². The molecule has 0 amide bonds. The minimum absolute atomic E-state index is 0.0442. The number of alkyl halides is 3. The van der Waals surface area contributed by atoms with Crippen LogP contribution in [0.4, 0.5) is 22.0 Å². The topological polar surface area (TPSA) is 51.5 Å². The molecule has 0 saturated heterocycles. The van der Waals surface area contributed by atoms with Crippen molar-refractivity contribution in [3.05, 3.63) is 76.1 Å². The van der Waals surface area contributed by atoms with Crippen molar-refractivity contribution >= 4 is 10.9 Å². The van der Waals surface area contributed by atoms with Gasteiger partial charge in [-0.1, -0.05) is 13.8 Å². The molecule has 2 aromatic carbocycles. The number of rotatable bonds is 6. The van der Waals surface area contributed by atoms with Gasteiger partial charge in [0.25, 0.3) is 0 Å². The van der Waals surface area contributed by atoms with E-state index >= 15 is 0 Å². The van der Waals surface area contributed by atoms with Crippen LogP contribution in [0.2, 0.25) is 0 Å². The molecule has 0 aliphatic heterocycles. The number of aromatic nitrogens is 1. The summed E-state index contributed by atoms with van der Waals surface area (Å²) in [6.07, 6.45) is -4.78. The van der Waals surface area contributed by atoms with Crippen molar-refractivity contribution in [1.82, 2.24) is 4.57 Å². The minimum atomic E-state index is -5.07. The molecule has 9 heteroatoms. The Labute approximate surface area is 180 Å². The van der Waals surface area contributed by atoms with Gasteiger partial charge in [0, 0.05) is 23.2 Å². The molecule has 32 heavy (non-hydrogen) atoms. The molecule has 0 fully saturated rings. The van der Waals surface area contributed by atoms with Crippen molar-refractivity contribution in [1.29, 1.82) is 0 Å². The number of pyridine rings is 1. The first-order chi connectivity index (χ1) is 14.8. The fourth-order valence-electron chi connectivity index (χ4n) is 3.98.